The second-order valence-corrected chi connectivity index (χ2v) is 4.68. The predicted molar refractivity (Wildman–Crippen MR) is 77.4 cm³/mol. The van der Waals surface area contributed by atoms with E-state index in [1.807, 2.05) is 0 Å². The van der Waals surface area contributed by atoms with Gasteiger partial charge in [0.25, 0.3) is 5.91 Å². The second-order valence-electron chi connectivity index (χ2n) is 4.68. The Labute approximate surface area is 115 Å². The summed E-state index contributed by atoms with van der Waals surface area (Å²) in [6.07, 6.45) is 2.08. The van der Waals surface area contributed by atoms with Crippen LogP contribution in [0.25, 0.3) is 0 Å². The molecule has 1 aromatic carbocycles. The van der Waals surface area contributed by atoms with Gasteiger partial charge in [0.1, 0.15) is 5.75 Å². The van der Waals surface area contributed by atoms with E-state index >= 15 is 0 Å². The van der Waals surface area contributed by atoms with Crippen LogP contribution < -0.4 is 15.8 Å². The van der Waals surface area contributed by atoms with Crippen molar-refractivity contribution >= 4 is 5.91 Å². The number of carbonyl (C=O) groups excluding carboxylic acids is 1. The summed E-state index contributed by atoms with van der Waals surface area (Å²) in [5.41, 5.74) is 6.70. The average molecular weight is 264 g/mol. The first kappa shape index (κ1) is 15.5. The number of hydrogen-bond donors (Lipinski definition) is 2. The Kier molecular flexibility index (Phi) is 6.36. The van der Waals surface area contributed by atoms with Crippen molar-refractivity contribution in [1.82, 2.24) is 5.32 Å². The molecular formula is C15H24N2O2. The minimum absolute atomic E-state index is 0.0113. The molecule has 0 aromatic heterocycles. The van der Waals surface area contributed by atoms with Gasteiger partial charge < -0.3 is 15.8 Å². The molecule has 4 nitrogen and oxygen atoms in total. The summed E-state index contributed by atoms with van der Waals surface area (Å²) in [6.45, 7) is 4.76. The quantitative estimate of drug-likeness (QED) is 0.793. The summed E-state index contributed by atoms with van der Waals surface area (Å²) in [4.78, 5) is 11.9. The van der Waals surface area contributed by atoms with Crippen LogP contribution in [0.1, 0.15) is 37.0 Å². The third-order valence-electron chi connectivity index (χ3n) is 3.50. The topological polar surface area (TPSA) is 64.3 Å². The lowest BCUT2D eigenvalue weighted by molar-refractivity contribution is 0.0948. The van der Waals surface area contributed by atoms with E-state index in [2.05, 4.69) is 19.2 Å². The average Bonchev–Trinajstić information content (AvgIpc) is 2.46. The van der Waals surface area contributed by atoms with Crippen molar-refractivity contribution in [3.8, 4) is 5.75 Å². The van der Waals surface area contributed by atoms with Crippen LogP contribution in [0.15, 0.2) is 24.3 Å². The highest BCUT2D eigenvalue weighted by molar-refractivity contribution is 5.94. The molecular weight excluding hydrogens is 240 g/mol. The Morgan fingerprint density at radius 3 is 2.32 bits per heavy atom. The van der Waals surface area contributed by atoms with Gasteiger partial charge in [-0.2, -0.15) is 0 Å². The minimum Gasteiger partial charge on any atom is -0.497 e. The fourth-order valence-corrected chi connectivity index (χ4v) is 2.12. The van der Waals surface area contributed by atoms with E-state index in [9.17, 15) is 4.79 Å². The zero-order valence-electron chi connectivity index (χ0n) is 12.0. The molecule has 0 aliphatic carbocycles. The van der Waals surface area contributed by atoms with Gasteiger partial charge in [0, 0.05) is 18.2 Å². The van der Waals surface area contributed by atoms with Crippen molar-refractivity contribution in [1.29, 1.82) is 0 Å². The highest BCUT2D eigenvalue weighted by Crippen LogP contribution is 2.12. The number of benzene rings is 1. The van der Waals surface area contributed by atoms with Crippen molar-refractivity contribution < 1.29 is 9.53 Å². The Bertz CT molecular complexity index is 386. The molecule has 1 unspecified atom stereocenters. The minimum atomic E-state index is -0.0935. The molecule has 19 heavy (non-hydrogen) atoms. The van der Waals surface area contributed by atoms with E-state index < -0.39 is 0 Å². The molecule has 0 aliphatic rings. The molecule has 0 bridgehead atoms. The molecule has 3 N–H and O–H groups in total. The summed E-state index contributed by atoms with van der Waals surface area (Å²) >= 11 is 0. The van der Waals surface area contributed by atoms with Crippen LogP contribution in [0.2, 0.25) is 0 Å². The Morgan fingerprint density at radius 2 is 1.84 bits per heavy atom. The zero-order valence-corrected chi connectivity index (χ0v) is 12.0. The van der Waals surface area contributed by atoms with E-state index in [4.69, 9.17) is 10.5 Å². The van der Waals surface area contributed by atoms with Gasteiger partial charge in [-0.15, -0.1) is 0 Å². The first-order valence-electron chi connectivity index (χ1n) is 6.80. The lowest BCUT2D eigenvalue weighted by Gasteiger charge is -2.21. The van der Waals surface area contributed by atoms with Gasteiger partial charge in [0.2, 0.25) is 0 Å². The molecule has 1 rings (SSSR count). The van der Waals surface area contributed by atoms with Gasteiger partial charge in [0.15, 0.2) is 0 Å². The first-order valence-corrected chi connectivity index (χ1v) is 6.80. The smallest absolute Gasteiger partial charge is 0.251 e. The van der Waals surface area contributed by atoms with Gasteiger partial charge in [0.05, 0.1) is 7.11 Å². The molecule has 0 spiro atoms. The van der Waals surface area contributed by atoms with Gasteiger partial charge >= 0.3 is 0 Å². The van der Waals surface area contributed by atoms with Crippen LogP contribution in [-0.4, -0.2) is 25.6 Å². The van der Waals surface area contributed by atoms with Crippen LogP contribution in [0.4, 0.5) is 0 Å². The molecule has 1 amide bonds. The summed E-state index contributed by atoms with van der Waals surface area (Å²) in [5, 5.41) is 2.88. The molecule has 0 saturated carbocycles. The van der Waals surface area contributed by atoms with Gasteiger partial charge in [-0.25, -0.2) is 0 Å². The molecule has 1 aromatic rings. The lowest BCUT2D eigenvalue weighted by atomic mass is 9.95. The van der Waals surface area contributed by atoms with Crippen LogP contribution in [0.5, 0.6) is 5.75 Å². The van der Waals surface area contributed by atoms with Crippen molar-refractivity contribution in [3.05, 3.63) is 29.8 Å². The van der Waals surface area contributed by atoms with Crippen molar-refractivity contribution in [2.45, 2.75) is 32.7 Å². The van der Waals surface area contributed by atoms with Crippen LogP contribution in [0.3, 0.4) is 0 Å². The molecule has 0 heterocycles. The number of rotatable bonds is 7. The van der Waals surface area contributed by atoms with Crippen molar-refractivity contribution in [2.75, 3.05) is 13.7 Å². The Balaban J connectivity index is 2.50. The fraction of sp³-hybridized carbons (Fsp3) is 0.533. The maximum Gasteiger partial charge on any atom is 0.251 e. The standard InChI is InChI=1S/C15H24N2O2/c1-4-11(5-2)14(16)10-17-15(18)12-6-8-13(19-3)9-7-12/h6-9,11,14H,4-5,10,16H2,1-3H3,(H,17,18). The summed E-state index contributed by atoms with van der Waals surface area (Å²) < 4.78 is 5.06. The SMILES string of the molecule is CCC(CC)C(N)CNC(=O)c1ccc(OC)cc1. The monoisotopic (exact) mass is 264 g/mol. The van der Waals surface area contributed by atoms with Gasteiger partial charge in [-0.05, 0) is 30.2 Å². The summed E-state index contributed by atoms with van der Waals surface area (Å²) in [5.74, 6) is 1.10. The number of ether oxygens (including phenoxy) is 1. The summed E-state index contributed by atoms with van der Waals surface area (Å²) in [7, 11) is 1.60. The third-order valence-corrected chi connectivity index (χ3v) is 3.50. The van der Waals surface area contributed by atoms with Gasteiger partial charge in [-0.3, -0.25) is 4.79 Å². The largest absolute Gasteiger partial charge is 0.497 e. The van der Waals surface area contributed by atoms with E-state index in [1.54, 1.807) is 31.4 Å². The molecule has 0 aliphatic heterocycles. The molecule has 106 valence electrons. The zero-order chi connectivity index (χ0) is 14.3. The molecule has 1 atom stereocenters. The third kappa shape index (κ3) is 4.56. The Hall–Kier alpha value is -1.55. The van der Waals surface area contributed by atoms with E-state index in [-0.39, 0.29) is 11.9 Å². The molecule has 0 radical (unpaired) electrons. The van der Waals surface area contributed by atoms with Crippen molar-refractivity contribution in [2.24, 2.45) is 11.7 Å². The van der Waals surface area contributed by atoms with Gasteiger partial charge in [-0.1, -0.05) is 26.7 Å². The number of hydrogen-bond acceptors (Lipinski definition) is 3. The van der Waals surface area contributed by atoms with Crippen LogP contribution >= 0.6 is 0 Å². The first-order chi connectivity index (χ1) is 9.12. The van der Waals surface area contributed by atoms with E-state index in [1.165, 1.54) is 0 Å². The second kappa shape index (κ2) is 7.79. The van der Waals surface area contributed by atoms with E-state index in [0.717, 1.165) is 18.6 Å². The number of nitrogens with two attached hydrogens (primary N) is 1. The molecule has 0 fully saturated rings. The maximum atomic E-state index is 11.9. The number of amides is 1. The maximum absolute atomic E-state index is 11.9. The molecule has 4 heteroatoms. The predicted octanol–water partition coefficient (Wildman–Crippen LogP) is 2.19. The van der Waals surface area contributed by atoms with Crippen LogP contribution in [0, 0.1) is 5.92 Å². The lowest BCUT2D eigenvalue weighted by Crippen LogP contribution is -2.41. The number of carbonyl (C=O) groups is 1. The summed E-state index contributed by atoms with van der Waals surface area (Å²) in [6, 6.07) is 7.05. The molecule has 0 saturated heterocycles. The van der Waals surface area contributed by atoms with Crippen LogP contribution in [-0.2, 0) is 0 Å². The number of nitrogens with one attached hydrogen (secondary N) is 1. The normalized spacial score (nSPS) is 12.3. The van der Waals surface area contributed by atoms with E-state index in [0.29, 0.717) is 18.0 Å². The van der Waals surface area contributed by atoms with Crippen molar-refractivity contribution in [3.63, 3.8) is 0 Å². The fourth-order valence-electron chi connectivity index (χ4n) is 2.12. The number of methoxy groups -OCH3 is 1. The highest BCUT2D eigenvalue weighted by Gasteiger charge is 2.15. The highest BCUT2D eigenvalue weighted by atomic mass is 16.5. The Morgan fingerprint density at radius 1 is 1.26 bits per heavy atom.